The van der Waals surface area contributed by atoms with Gasteiger partial charge in [0.05, 0.1) is 25.4 Å². The Balaban J connectivity index is 3.43. The zero-order valence-corrected chi connectivity index (χ0v) is 54.8. The van der Waals surface area contributed by atoms with Gasteiger partial charge >= 0.3 is 5.97 Å². The highest BCUT2D eigenvalue weighted by atomic mass is 16.5. The predicted molar refractivity (Wildman–Crippen MR) is 356 cm³/mol. The van der Waals surface area contributed by atoms with Crippen LogP contribution in [0, 0.1) is 0 Å². The lowest BCUT2D eigenvalue weighted by Crippen LogP contribution is -2.45. The average Bonchev–Trinajstić information content (AvgIpc) is 3.47. The lowest BCUT2D eigenvalue weighted by molar-refractivity contribution is -0.143. The molecular formula is C75H143NO5. The molecule has 0 radical (unpaired) electrons. The highest BCUT2D eigenvalue weighted by molar-refractivity contribution is 5.76. The van der Waals surface area contributed by atoms with E-state index < -0.39 is 12.1 Å². The lowest BCUT2D eigenvalue weighted by atomic mass is 10.0. The largest absolute Gasteiger partial charge is 0.466 e. The number of nitrogens with one attached hydrogen (secondary N) is 1. The van der Waals surface area contributed by atoms with Crippen LogP contribution >= 0.6 is 0 Å². The minimum atomic E-state index is -0.849. The number of amides is 1. The molecule has 0 saturated carbocycles. The zero-order valence-electron chi connectivity index (χ0n) is 54.8. The van der Waals surface area contributed by atoms with Gasteiger partial charge in [0, 0.05) is 12.8 Å². The molecule has 0 heterocycles. The molecule has 6 heteroatoms. The van der Waals surface area contributed by atoms with Crippen molar-refractivity contribution in [3.05, 3.63) is 36.5 Å². The maximum atomic E-state index is 12.5. The molecule has 0 spiro atoms. The first-order valence-electron chi connectivity index (χ1n) is 36.8. The Bertz CT molecular complexity index is 1310. The van der Waals surface area contributed by atoms with Crippen LogP contribution in [0.15, 0.2) is 36.5 Å². The van der Waals surface area contributed by atoms with Gasteiger partial charge < -0.3 is 20.3 Å². The smallest absolute Gasteiger partial charge is 0.305 e. The summed E-state index contributed by atoms with van der Waals surface area (Å²) in [6.45, 7) is 4.93. The molecule has 0 aliphatic heterocycles. The van der Waals surface area contributed by atoms with E-state index in [-0.39, 0.29) is 18.5 Å². The predicted octanol–water partition coefficient (Wildman–Crippen LogP) is 23.9. The number of ether oxygens (including phenoxy) is 1. The molecule has 1 amide bonds. The van der Waals surface area contributed by atoms with Crippen molar-refractivity contribution < 1.29 is 24.5 Å². The molecule has 0 aliphatic rings. The SMILES string of the molecule is CCCCCCCC/C=C\CCCCCCCC(=O)OCCCCCCCCCCCCCC/C=C\CCCCCCCCCCC(=O)NC(CO)C(O)/C=C/CCCCCCCCCCCCCCCCCCCCCCCCC. The molecule has 0 rings (SSSR count). The van der Waals surface area contributed by atoms with Crippen molar-refractivity contribution in [2.45, 2.75) is 418 Å². The molecule has 0 bridgehead atoms. The van der Waals surface area contributed by atoms with Gasteiger partial charge in [0.15, 0.2) is 0 Å². The second-order valence-electron chi connectivity index (χ2n) is 25.3. The molecule has 3 N–H and O–H groups in total. The van der Waals surface area contributed by atoms with Crippen LogP contribution in [0.25, 0.3) is 0 Å². The second kappa shape index (κ2) is 70.6. The molecule has 0 aromatic rings. The number of carbonyl (C=O) groups is 2. The highest BCUT2D eigenvalue weighted by Crippen LogP contribution is 2.19. The molecule has 0 aromatic carbocycles. The van der Waals surface area contributed by atoms with Gasteiger partial charge in [-0.15, -0.1) is 0 Å². The van der Waals surface area contributed by atoms with Crippen LogP contribution in [0.1, 0.15) is 406 Å². The number of rotatable bonds is 69. The summed E-state index contributed by atoms with van der Waals surface area (Å²) in [6, 6.07) is -0.633. The van der Waals surface area contributed by atoms with Crippen molar-refractivity contribution >= 4 is 11.9 Å². The molecule has 0 saturated heterocycles. The van der Waals surface area contributed by atoms with E-state index >= 15 is 0 Å². The molecule has 2 atom stereocenters. The van der Waals surface area contributed by atoms with Crippen molar-refractivity contribution in [3.63, 3.8) is 0 Å². The summed E-state index contributed by atoms with van der Waals surface area (Å²) in [5.41, 5.74) is 0. The Kier molecular flexibility index (Phi) is 68.9. The van der Waals surface area contributed by atoms with Crippen molar-refractivity contribution in [1.82, 2.24) is 5.32 Å². The standard InChI is InChI=1S/C75H143NO5/c1-3-5-7-9-11-13-15-17-19-20-21-22-23-24-27-30-33-36-40-43-47-51-55-59-63-67-73(78)72(71-77)76-74(79)68-64-60-56-52-48-44-41-37-34-31-28-25-26-29-32-35-38-42-46-50-54-58-62-66-70-81-75(80)69-65-61-57-53-49-45-39-18-16-14-12-10-8-6-4-2/h18,28,31,39,63,67,72-73,77-78H,3-17,19-27,29-30,32-38,40-62,64-66,68-71H2,1-2H3,(H,76,79)/b31-28-,39-18-,67-63+. The minimum Gasteiger partial charge on any atom is -0.466 e. The van der Waals surface area contributed by atoms with E-state index in [4.69, 9.17) is 4.74 Å². The van der Waals surface area contributed by atoms with E-state index in [0.717, 1.165) is 44.9 Å². The van der Waals surface area contributed by atoms with E-state index in [9.17, 15) is 19.8 Å². The van der Waals surface area contributed by atoms with Crippen molar-refractivity contribution in [1.29, 1.82) is 0 Å². The van der Waals surface area contributed by atoms with Gasteiger partial charge in [0.2, 0.25) is 5.91 Å². The van der Waals surface area contributed by atoms with Crippen LogP contribution < -0.4 is 5.32 Å². The van der Waals surface area contributed by atoms with Gasteiger partial charge in [-0.1, -0.05) is 346 Å². The van der Waals surface area contributed by atoms with Crippen molar-refractivity contribution in [2.24, 2.45) is 0 Å². The van der Waals surface area contributed by atoms with E-state index in [2.05, 4.69) is 43.5 Å². The van der Waals surface area contributed by atoms with Crippen molar-refractivity contribution in [2.75, 3.05) is 13.2 Å². The molecular weight excluding hydrogens is 995 g/mol. The number of unbranched alkanes of at least 4 members (excludes halogenated alkanes) is 54. The Hall–Kier alpha value is -1.92. The third-order valence-corrected chi connectivity index (χ3v) is 17.1. The molecule has 81 heavy (non-hydrogen) atoms. The van der Waals surface area contributed by atoms with Gasteiger partial charge in [-0.3, -0.25) is 9.59 Å². The molecule has 0 aliphatic carbocycles. The number of hydrogen-bond acceptors (Lipinski definition) is 5. The average molecular weight is 1140 g/mol. The number of aliphatic hydroxyl groups is 2. The fourth-order valence-electron chi connectivity index (χ4n) is 11.5. The minimum absolute atomic E-state index is 0.00478. The zero-order chi connectivity index (χ0) is 58.5. The second-order valence-corrected chi connectivity index (χ2v) is 25.3. The fraction of sp³-hybridized carbons (Fsp3) is 0.893. The third kappa shape index (κ3) is 67.1. The first-order chi connectivity index (χ1) is 40.0. The lowest BCUT2D eigenvalue weighted by Gasteiger charge is -2.20. The van der Waals surface area contributed by atoms with Gasteiger partial charge in [-0.2, -0.15) is 0 Å². The molecule has 2 unspecified atom stereocenters. The number of allylic oxidation sites excluding steroid dienone is 5. The maximum absolute atomic E-state index is 12.5. The van der Waals surface area contributed by atoms with E-state index in [0.29, 0.717) is 19.4 Å². The number of aliphatic hydroxyl groups excluding tert-OH is 2. The topological polar surface area (TPSA) is 95.9 Å². The molecule has 6 nitrogen and oxygen atoms in total. The summed E-state index contributed by atoms with van der Waals surface area (Å²) in [6.07, 6.45) is 90.9. The van der Waals surface area contributed by atoms with E-state index in [1.54, 1.807) is 6.08 Å². The quantitative estimate of drug-likeness (QED) is 0.0320. The summed E-state index contributed by atoms with van der Waals surface area (Å²) in [5.74, 6) is -0.0636. The fourth-order valence-corrected chi connectivity index (χ4v) is 11.5. The van der Waals surface area contributed by atoms with E-state index in [1.807, 2.05) is 6.08 Å². The maximum Gasteiger partial charge on any atom is 0.305 e. The number of esters is 1. The molecule has 0 fully saturated rings. The number of hydrogen-bond donors (Lipinski definition) is 3. The van der Waals surface area contributed by atoms with Gasteiger partial charge in [-0.25, -0.2) is 0 Å². The first-order valence-corrected chi connectivity index (χ1v) is 36.8. The van der Waals surface area contributed by atoms with Crippen LogP contribution in [-0.4, -0.2) is 47.4 Å². The van der Waals surface area contributed by atoms with Gasteiger partial charge in [0.25, 0.3) is 0 Å². The van der Waals surface area contributed by atoms with Gasteiger partial charge in [-0.05, 0) is 83.5 Å². The van der Waals surface area contributed by atoms with E-state index in [1.165, 1.54) is 334 Å². The first kappa shape index (κ1) is 79.1. The normalized spacial score (nSPS) is 12.7. The van der Waals surface area contributed by atoms with Crippen LogP contribution in [0.3, 0.4) is 0 Å². The molecule has 0 aromatic heterocycles. The summed E-state index contributed by atoms with van der Waals surface area (Å²) in [4.78, 5) is 24.6. The molecule has 478 valence electrons. The Labute approximate surface area is 506 Å². The summed E-state index contributed by atoms with van der Waals surface area (Å²) in [7, 11) is 0. The summed E-state index contributed by atoms with van der Waals surface area (Å²) < 4.78 is 5.49. The summed E-state index contributed by atoms with van der Waals surface area (Å²) >= 11 is 0. The highest BCUT2D eigenvalue weighted by Gasteiger charge is 2.18. The summed E-state index contributed by atoms with van der Waals surface area (Å²) in [5, 5.41) is 23.3. The van der Waals surface area contributed by atoms with Crippen molar-refractivity contribution in [3.8, 4) is 0 Å². The Morgan fingerprint density at radius 3 is 0.877 bits per heavy atom. The number of carbonyl (C=O) groups excluding carboxylic acids is 2. The van der Waals surface area contributed by atoms with Crippen LogP contribution in [0.2, 0.25) is 0 Å². The van der Waals surface area contributed by atoms with Gasteiger partial charge in [0.1, 0.15) is 0 Å². The van der Waals surface area contributed by atoms with Crippen LogP contribution in [-0.2, 0) is 14.3 Å². The Morgan fingerprint density at radius 1 is 0.333 bits per heavy atom. The van der Waals surface area contributed by atoms with Crippen LogP contribution in [0.5, 0.6) is 0 Å². The Morgan fingerprint density at radius 2 is 0.580 bits per heavy atom. The monoisotopic (exact) mass is 1140 g/mol. The van der Waals surface area contributed by atoms with Crippen LogP contribution in [0.4, 0.5) is 0 Å². The third-order valence-electron chi connectivity index (χ3n) is 17.1.